The van der Waals surface area contributed by atoms with Gasteiger partial charge in [-0.1, -0.05) is 39.5 Å². The first kappa shape index (κ1) is 14.0. The molecule has 0 radical (unpaired) electrons. The summed E-state index contributed by atoms with van der Waals surface area (Å²) >= 11 is 0. The summed E-state index contributed by atoms with van der Waals surface area (Å²) in [5, 5.41) is 0. The highest BCUT2D eigenvalue weighted by molar-refractivity contribution is 4.87. The number of hydrogen-bond donors (Lipinski definition) is 1. The first-order valence-corrected chi connectivity index (χ1v) is 7.07. The molecule has 96 valence electrons. The summed E-state index contributed by atoms with van der Waals surface area (Å²) in [6.07, 6.45) is 9.83. The van der Waals surface area contributed by atoms with Crippen molar-refractivity contribution in [3.63, 3.8) is 0 Å². The maximum absolute atomic E-state index is 6.53. The molecule has 0 aromatic heterocycles. The Bertz CT molecular complexity index is 174. The van der Waals surface area contributed by atoms with E-state index in [0.717, 1.165) is 38.4 Å². The fraction of sp³-hybridized carbons (Fsp3) is 1.00. The second-order valence-corrected chi connectivity index (χ2v) is 5.45. The number of nitrogens with two attached hydrogens (primary N) is 1. The smallest absolute Gasteiger partial charge is 0.0483 e. The lowest BCUT2D eigenvalue weighted by atomic mass is 9.80. The summed E-state index contributed by atoms with van der Waals surface area (Å²) < 4.78 is 5.51. The first-order valence-electron chi connectivity index (χ1n) is 7.07. The normalized spacial score (nSPS) is 28.7. The number of unbranched alkanes of at least 4 members (excludes halogenated alkanes) is 1. The molecule has 2 N–H and O–H groups in total. The van der Waals surface area contributed by atoms with E-state index in [9.17, 15) is 0 Å². The number of hydrogen-bond acceptors (Lipinski definition) is 2. The molecule has 0 saturated carbocycles. The van der Waals surface area contributed by atoms with Crippen molar-refractivity contribution in [3.8, 4) is 0 Å². The van der Waals surface area contributed by atoms with Crippen molar-refractivity contribution in [2.75, 3.05) is 13.2 Å². The zero-order valence-electron chi connectivity index (χ0n) is 11.1. The molecule has 1 saturated heterocycles. The van der Waals surface area contributed by atoms with Crippen LogP contribution in [0.15, 0.2) is 0 Å². The number of ether oxygens (including phenoxy) is 1. The SMILES string of the molecule is CCCCC(CC)CC1(N)CCCOCC1. The fourth-order valence-electron chi connectivity index (χ4n) is 2.75. The lowest BCUT2D eigenvalue weighted by Gasteiger charge is -2.31. The molecule has 1 rings (SSSR count). The van der Waals surface area contributed by atoms with Crippen LogP contribution in [-0.4, -0.2) is 18.8 Å². The minimum Gasteiger partial charge on any atom is -0.381 e. The van der Waals surface area contributed by atoms with Gasteiger partial charge < -0.3 is 10.5 Å². The summed E-state index contributed by atoms with van der Waals surface area (Å²) in [6, 6.07) is 0. The quantitative estimate of drug-likeness (QED) is 0.754. The van der Waals surface area contributed by atoms with Crippen molar-refractivity contribution in [2.45, 2.75) is 70.8 Å². The van der Waals surface area contributed by atoms with Crippen LogP contribution >= 0.6 is 0 Å². The van der Waals surface area contributed by atoms with E-state index in [1.54, 1.807) is 0 Å². The molecule has 1 fully saturated rings. The molecule has 1 aliphatic rings. The summed E-state index contributed by atoms with van der Waals surface area (Å²) in [7, 11) is 0. The van der Waals surface area contributed by atoms with Gasteiger partial charge in [-0.2, -0.15) is 0 Å². The molecule has 16 heavy (non-hydrogen) atoms. The standard InChI is InChI=1S/C14H29NO/c1-3-5-7-13(4-2)12-14(15)8-6-10-16-11-9-14/h13H,3-12,15H2,1-2H3. The predicted molar refractivity (Wildman–Crippen MR) is 69.5 cm³/mol. The van der Waals surface area contributed by atoms with E-state index in [-0.39, 0.29) is 5.54 Å². The molecule has 0 aromatic carbocycles. The van der Waals surface area contributed by atoms with Crippen molar-refractivity contribution >= 4 is 0 Å². The maximum atomic E-state index is 6.53. The van der Waals surface area contributed by atoms with Crippen LogP contribution in [0.5, 0.6) is 0 Å². The van der Waals surface area contributed by atoms with E-state index in [0.29, 0.717) is 0 Å². The molecule has 0 spiro atoms. The molecule has 0 aromatic rings. The zero-order valence-corrected chi connectivity index (χ0v) is 11.1. The van der Waals surface area contributed by atoms with Gasteiger partial charge >= 0.3 is 0 Å². The van der Waals surface area contributed by atoms with Crippen molar-refractivity contribution in [3.05, 3.63) is 0 Å². The molecular weight excluding hydrogens is 198 g/mol. The second kappa shape index (κ2) is 7.29. The Kier molecular flexibility index (Phi) is 6.37. The van der Waals surface area contributed by atoms with Gasteiger partial charge in [-0.15, -0.1) is 0 Å². The third kappa shape index (κ3) is 4.84. The Hall–Kier alpha value is -0.0800. The third-order valence-corrected chi connectivity index (χ3v) is 3.95. The van der Waals surface area contributed by atoms with E-state index in [4.69, 9.17) is 10.5 Å². The van der Waals surface area contributed by atoms with Crippen molar-refractivity contribution < 1.29 is 4.74 Å². The van der Waals surface area contributed by atoms with Crippen LogP contribution in [0.1, 0.15) is 65.2 Å². The molecule has 2 atom stereocenters. The van der Waals surface area contributed by atoms with Gasteiger partial charge in [-0.05, 0) is 31.6 Å². The Morgan fingerprint density at radius 2 is 2.06 bits per heavy atom. The van der Waals surface area contributed by atoms with E-state index < -0.39 is 0 Å². The molecule has 1 aliphatic heterocycles. The topological polar surface area (TPSA) is 35.2 Å². The average Bonchev–Trinajstić information content (AvgIpc) is 2.49. The van der Waals surface area contributed by atoms with Gasteiger partial charge in [0.2, 0.25) is 0 Å². The fourth-order valence-corrected chi connectivity index (χ4v) is 2.75. The minimum absolute atomic E-state index is 0.0604. The summed E-state index contributed by atoms with van der Waals surface area (Å²) in [4.78, 5) is 0. The van der Waals surface area contributed by atoms with Crippen LogP contribution in [0, 0.1) is 5.92 Å². The lowest BCUT2D eigenvalue weighted by molar-refractivity contribution is 0.137. The largest absolute Gasteiger partial charge is 0.381 e. The molecule has 1 heterocycles. The highest BCUT2D eigenvalue weighted by Gasteiger charge is 2.28. The van der Waals surface area contributed by atoms with Gasteiger partial charge in [0, 0.05) is 18.8 Å². The summed E-state index contributed by atoms with van der Waals surface area (Å²) in [6.45, 7) is 6.34. The van der Waals surface area contributed by atoms with Crippen LogP contribution in [0.3, 0.4) is 0 Å². The molecule has 2 heteroatoms. The Morgan fingerprint density at radius 1 is 1.25 bits per heavy atom. The number of rotatable bonds is 6. The van der Waals surface area contributed by atoms with Crippen molar-refractivity contribution in [1.82, 2.24) is 0 Å². The maximum Gasteiger partial charge on any atom is 0.0483 e. The third-order valence-electron chi connectivity index (χ3n) is 3.95. The molecule has 0 aliphatic carbocycles. The minimum atomic E-state index is 0.0604. The van der Waals surface area contributed by atoms with Crippen molar-refractivity contribution in [1.29, 1.82) is 0 Å². The van der Waals surface area contributed by atoms with Crippen LogP contribution in [0.25, 0.3) is 0 Å². The van der Waals surface area contributed by atoms with Crippen LogP contribution in [0.4, 0.5) is 0 Å². The van der Waals surface area contributed by atoms with Gasteiger partial charge in [0.15, 0.2) is 0 Å². The molecule has 0 bridgehead atoms. The highest BCUT2D eigenvalue weighted by Crippen LogP contribution is 2.29. The highest BCUT2D eigenvalue weighted by atomic mass is 16.5. The van der Waals surface area contributed by atoms with Crippen molar-refractivity contribution in [2.24, 2.45) is 11.7 Å². The summed E-state index contributed by atoms with van der Waals surface area (Å²) in [5.41, 5.74) is 6.59. The Balaban J connectivity index is 2.40. The lowest BCUT2D eigenvalue weighted by Crippen LogP contribution is -2.41. The summed E-state index contributed by atoms with van der Waals surface area (Å²) in [5.74, 6) is 0.822. The van der Waals surface area contributed by atoms with Crippen LogP contribution < -0.4 is 5.73 Å². The van der Waals surface area contributed by atoms with Gasteiger partial charge in [-0.3, -0.25) is 0 Å². The zero-order chi connectivity index (χ0) is 11.9. The Labute approximate surface area is 101 Å². The molecule has 2 nitrogen and oxygen atoms in total. The van der Waals surface area contributed by atoms with Crippen LogP contribution in [0.2, 0.25) is 0 Å². The molecular formula is C14H29NO. The van der Waals surface area contributed by atoms with Gasteiger partial charge in [0.25, 0.3) is 0 Å². The predicted octanol–water partition coefficient (Wildman–Crippen LogP) is 3.49. The van der Waals surface area contributed by atoms with E-state index >= 15 is 0 Å². The molecule has 2 unspecified atom stereocenters. The van der Waals surface area contributed by atoms with Gasteiger partial charge in [-0.25, -0.2) is 0 Å². The van der Waals surface area contributed by atoms with Gasteiger partial charge in [0.1, 0.15) is 0 Å². The van der Waals surface area contributed by atoms with E-state index in [2.05, 4.69) is 13.8 Å². The van der Waals surface area contributed by atoms with E-state index in [1.807, 2.05) is 0 Å². The van der Waals surface area contributed by atoms with Crippen LogP contribution in [-0.2, 0) is 4.74 Å². The Morgan fingerprint density at radius 3 is 2.75 bits per heavy atom. The second-order valence-electron chi connectivity index (χ2n) is 5.45. The first-order chi connectivity index (χ1) is 7.70. The van der Waals surface area contributed by atoms with E-state index in [1.165, 1.54) is 32.1 Å². The monoisotopic (exact) mass is 227 g/mol. The molecule has 0 amide bonds. The van der Waals surface area contributed by atoms with Gasteiger partial charge in [0.05, 0.1) is 0 Å². The average molecular weight is 227 g/mol.